The Balaban J connectivity index is 2.00. The molecule has 0 spiro atoms. The van der Waals surface area contributed by atoms with Gasteiger partial charge in [0.2, 0.25) is 5.88 Å². The molecule has 0 radical (unpaired) electrons. The number of aromatic nitrogens is 1. The summed E-state index contributed by atoms with van der Waals surface area (Å²) in [6.07, 6.45) is 7.47. The summed E-state index contributed by atoms with van der Waals surface area (Å²) in [5, 5.41) is 2.59. The molecule has 0 saturated carbocycles. The number of carbonyl (C=O) groups excluding carboxylic acids is 1. The van der Waals surface area contributed by atoms with Gasteiger partial charge >= 0.3 is 0 Å². The maximum Gasteiger partial charge on any atom is 0.252 e. The van der Waals surface area contributed by atoms with Crippen LogP contribution in [0.5, 0.6) is 5.88 Å². The first-order chi connectivity index (χ1) is 8.79. The third kappa shape index (κ3) is 3.22. The lowest BCUT2D eigenvalue weighted by atomic mass is 10.2. The van der Waals surface area contributed by atoms with E-state index in [0.29, 0.717) is 24.7 Å². The molecule has 0 aromatic carbocycles. The van der Waals surface area contributed by atoms with Crippen molar-refractivity contribution in [2.24, 2.45) is 0 Å². The van der Waals surface area contributed by atoms with Crippen molar-refractivity contribution in [3.63, 3.8) is 0 Å². The third-order valence-corrected chi connectivity index (χ3v) is 2.52. The van der Waals surface area contributed by atoms with Crippen molar-refractivity contribution in [3.8, 4) is 18.2 Å². The number of rotatable bonds is 4. The molecule has 0 unspecified atom stereocenters. The predicted octanol–water partition coefficient (Wildman–Crippen LogP) is 0.612. The molecule has 2 heterocycles. The molecule has 0 bridgehead atoms. The molecule has 1 atom stereocenters. The van der Waals surface area contributed by atoms with Gasteiger partial charge in [0.15, 0.2) is 0 Å². The average molecular weight is 246 g/mol. The standard InChI is InChI=1S/C13H14N2O3/c1-2-5-15-13(16)10-3-6-14-12(8-10)18-11-4-7-17-9-11/h1,3,6,8,11H,4-5,7,9H2,(H,15,16)/t11-/m0/s1. The Bertz CT molecular complexity index is 462. The highest BCUT2D eigenvalue weighted by molar-refractivity contribution is 5.94. The zero-order valence-corrected chi connectivity index (χ0v) is 9.89. The fraction of sp³-hybridized carbons (Fsp3) is 0.385. The molecule has 2 rings (SSSR count). The number of nitrogens with zero attached hydrogens (tertiary/aromatic N) is 1. The second-order valence-electron chi connectivity index (χ2n) is 3.87. The maximum atomic E-state index is 11.7. The normalized spacial score (nSPS) is 18.1. The Hall–Kier alpha value is -2.06. The summed E-state index contributed by atoms with van der Waals surface area (Å²) in [5.74, 6) is 2.54. The topological polar surface area (TPSA) is 60.5 Å². The van der Waals surface area contributed by atoms with Crippen LogP contribution in [0.1, 0.15) is 16.8 Å². The van der Waals surface area contributed by atoms with E-state index < -0.39 is 0 Å². The van der Waals surface area contributed by atoms with Gasteiger partial charge in [0.25, 0.3) is 5.91 Å². The van der Waals surface area contributed by atoms with Crippen LogP contribution in [0.25, 0.3) is 0 Å². The van der Waals surface area contributed by atoms with E-state index in [-0.39, 0.29) is 18.6 Å². The Kier molecular flexibility index (Phi) is 4.15. The number of terminal acetylenes is 1. The van der Waals surface area contributed by atoms with Crippen LogP contribution in [0, 0.1) is 12.3 Å². The summed E-state index contributed by atoms with van der Waals surface area (Å²) in [6.45, 7) is 1.47. The van der Waals surface area contributed by atoms with Crippen LogP contribution in [0.4, 0.5) is 0 Å². The molecule has 94 valence electrons. The van der Waals surface area contributed by atoms with E-state index in [4.69, 9.17) is 15.9 Å². The van der Waals surface area contributed by atoms with Crippen molar-refractivity contribution >= 4 is 5.91 Å². The molecule has 0 aliphatic carbocycles. The zero-order chi connectivity index (χ0) is 12.8. The van der Waals surface area contributed by atoms with Crippen LogP contribution in [0.2, 0.25) is 0 Å². The van der Waals surface area contributed by atoms with E-state index in [1.165, 1.54) is 6.20 Å². The van der Waals surface area contributed by atoms with Crippen molar-refractivity contribution < 1.29 is 14.3 Å². The molecule has 1 saturated heterocycles. The largest absolute Gasteiger partial charge is 0.472 e. The van der Waals surface area contributed by atoms with Gasteiger partial charge in [0.1, 0.15) is 6.10 Å². The molecular weight excluding hydrogens is 232 g/mol. The Morgan fingerprint density at radius 1 is 1.72 bits per heavy atom. The first-order valence-corrected chi connectivity index (χ1v) is 5.71. The number of ether oxygens (including phenoxy) is 2. The summed E-state index contributed by atoms with van der Waals surface area (Å²) < 4.78 is 10.8. The molecule has 1 aliphatic rings. The molecule has 5 nitrogen and oxygen atoms in total. The van der Waals surface area contributed by atoms with Gasteiger partial charge in [0, 0.05) is 24.2 Å². The van der Waals surface area contributed by atoms with Crippen LogP contribution in [0.3, 0.4) is 0 Å². The first kappa shape index (κ1) is 12.4. The lowest BCUT2D eigenvalue weighted by Crippen LogP contribution is -2.24. The molecule has 1 fully saturated rings. The Labute approximate surface area is 106 Å². The van der Waals surface area contributed by atoms with Crippen LogP contribution in [-0.4, -0.2) is 36.8 Å². The van der Waals surface area contributed by atoms with E-state index in [2.05, 4.69) is 16.2 Å². The van der Waals surface area contributed by atoms with Gasteiger partial charge in [-0.15, -0.1) is 6.42 Å². The Morgan fingerprint density at radius 3 is 3.33 bits per heavy atom. The Morgan fingerprint density at radius 2 is 2.61 bits per heavy atom. The van der Waals surface area contributed by atoms with Crippen LogP contribution < -0.4 is 10.1 Å². The average Bonchev–Trinajstić information content (AvgIpc) is 2.89. The number of amides is 1. The van der Waals surface area contributed by atoms with Crippen molar-refractivity contribution in [1.29, 1.82) is 0 Å². The molecule has 1 N–H and O–H groups in total. The molecule has 1 aromatic rings. The van der Waals surface area contributed by atoms with E-state index in [1.807, 2.05) is 0 Å². The highest BCUT2D eigenvalue weighted by Gasteiger charge is 2.18. The minimum Gasteiger partial charge on any atom is -0.472 e. The molecule has 1 aliphatic heterocycles. The molecular formula is C13H14N2O3. The summed E-state index contributed by atoms with van der Waals surface area (Å²) in [6, 6.07) is 3.22. The van der Waals surface area contributed by atoms with E-state index >= 15 is 0 Å². The fourth-order valence-corrected chi connectivity index (χ4v) is 1.63. The van der Waals surface area contributed by atoms with Crippen LogP contribution >= 0.6 is 0 Å². The predicted molar refractivity (Wildman–Crippen MR) is 65.3 cm³/mol. The third-order valence-electron chi connectivity index (χ3n) is 2.52. The monoisotopic (exact) mass is 246 g/mol. The minimum absolute atomic E-state index is 0.0153. The number of nitrogens with one attached hydrogen (secondary N) is 1. The summed E-state index contributed by atoms with van der Waals surface area (Å²) in [5.41, 5.74) is 0.481. The SMILES string of the molecule is C#CCNC(=O)c1ccnc(O[C@H]2CCOC2)c1. The second kappa shape index (κ2) is 6.03. The van der Waals surface area contributed by atoms with E-state index in [1.54, 1.807) is 12.1 Å². The highest BCUT2D eigenvalue weighted by atomic mass is 16.5. The van der Waals surface area contributed by atoms with E-state index in [9.17, 15) is 4.79 Å². The number of hydrogen-bond donors (Lipinski definition) is 1. The van der Waals surface area contributed by atoms with Gasteiger partial charge in [-0.3, -0.25) is 4.79 Å². The van der Waals surface area contributed by atoms with Gasteiger partial charge in [-0.1, -0.05) is 5.92 Å². The summed E-state index contributed by atoms with van der Waals surface area (Å²) >= 11 is 0. The second-order valence-corrected chi connectivity index (χ2v) is 3.87. The van der Waals surface area contributed by atoms with Gasteiger partial charge in [-0.25, -0.2) is 4.98 Å². The molecule has 5 heteroatoms. The van der Waals surface area contributed by atoms with E-state index in [0.717, 1.165) is 6.42 Å². The molecule has 1 amide bonds. The lowest BCUT2D eigenvalue weighted by molar-refractivity contribution is 0.0957. The zero-order valence-electron chi connectivity index (χ0n) is 9.89. The van der Waals surface area contributed by atoms with Gasteiger partial charge < -0.3 is 14.8 Å². The van der Waals surface area contributed by atoms with Crippen molar-refractivity contribution in [1.82, 2.24) is 10.3 Å². The quantitative estimate of drug-likeness (QED) is 0.791. The van der Waals surface area contributed by atoms with Crippen LogP contribution in [0.15, 0.2) is 18.3 Å². The fourth-order valence-electron chi connectivity index (χ4n) is 1.63. The number of hydrogen-bond acceptors (Lipinski definition) is 4. The number of carbonyl (C=O) groups is 1. The van der Waals surface area contributed by atoms with Crippen molar-refractivity contribution in [3.05, 3.63) is 23.9 Å². The van der Waals surface area contributed by atoms with Gasteiger partial charge in [-0.05, 0) is 6.07 Å². The number of pyridine rings is 1. The lowest BCUT2D eigenvalue weighted by Gasteiger charge is -2.11. The van der Waals surface area contributed by atoms with Crippen molar-refractivity contribution in [2.45, 2.75) is 12.5 Å². The smallest absolute Gasteiger partial charge is 0.252 e. The minimum atomic E-state index is -0.233. The van der Waals surface area contributed by atoms with Gasteiger partial charge in [-0.2, -0.15) is 0 Å². The van der Waals surface area contributed by atoms with Crippen molar-refractivity contribution in [2.75, 3.05) is 19.8 Å². The van der Waals surface area contributed by atoms with Gasteiger partial charge in [0.05, 0.1) is 19.8 Å². The molecule has 18 heavy (non-hydrogen) atoms. The first-order valence-electron chi connectivity index (χ1n) is 5.71. The summed E-state index contributed by atoms with van der Waals surface area (Å²) in [7, 11) is 0. The summed E-state index contributed by atoms with van der Waals surface area (Å²) in [4.78, 5) is 15.7. The van der Waals surface area contributed by atoms with Crippen LogP contribution in [-0.2, 0) is 4.74 Å². The maximum absolute atomic E-state index is 11.7. The highest BCUT2D eigenvalue weighted by Crippen LogP contribution is 2.15. The molecule has 1 aromatic heterocycles.